The van der Waals surface area contributed by atoms with Gasteiger partial charge in [0.1, 0.15) is 11.2 Å². The maximum absolute atomic E-state index is 13.1. The number of nitrogens with zero attached hydrogens (tertiary/aromatic N) is 2. The summed E-state index contributed by atoms with van der Waals surface area (Å²) in [6.07, 6.45) is 1.41. The minimum absolute atomic E-state index is 0.170. The number of aromatic nitrogens is 1. The maximum Gasteiger partial charge on any atom is 0.313 e. The van der Waals surface area contributed by atoms with Crippen LogP contribution in [0, 0.1) is 11.2 Å². The Morgan fingerprint density at radius 1 is 1.42 bits per heavy atom. The van der Waals surface area contributed by atoms with Crippen molar-refractivity contribution in [2.45, 2.75) is 25.5 Å². The first-order valence-electron chi connectivity index (χ1n) is 7.75. The summed E-state index contributed by atoms with van der Waals surface area (Å²) < 4.78 is 13.1. The molecule has 1 aliphatic rings. The summed E-state index contributed by atoms with van der Waals surface area (Å²) in [6, 6.07) is 5.79. The van der Waals surface area contributed by atoms with Crippen LogP contribution in [-0.4, -0.2) is 45.3 Å². The molecule has 0 unspecified atom stereocenters. The Balaban J connectivity index is 1.82. The number of carbonyl (C=O) groups is 1. The molecule has 2 N–H and O–H groups in total. The first kappa shape index (κ1) is 17.0. The zero-order chi connectivity index (χ0) is 17.2. The molecular weight excluding hydrogens is 331 g/mol. The van der Waals surface area contributed by atoms with Crippen LogP contribution >= 0.6 is 11.3 Å². The molecule has 0 amide bonds. The lowest BCUT2D eigenvalue weighted by atomic mass is 9.73. The second kappa shape index (κ2) is 6.96. The van der Waals surface area contributed by atoms with Gasteiger partial charge in [-0.3, -0.25) is 14.7 Å². The van der Waals surface area contributed by atoms with Crippen LogP contribution in [-0.2, 0) is 17.8 Å². The average molecular weight is 350 g/mol. The molecule has 0 bridgehead atoms. The lowest BCUT2D eigenvalue weighted by Gasteiger charge is -2.43. The predicted octanol–water partition coefficient (Wildman–Crippen LogP) is 2.16. The van der Waals surface area contributed by atoms with E-state index in [9.17, 15) is 19.4 Å². The Morgan fingerprint density at radius 3 is 2.79 bits per heavy atom. The third-order valence-corrected chi connectivity index (χ3v) is 5.35. The number of carboxylic acid groups (broad SMARTS) is 1. The average Bonchev–Trinajstić information content (AvgIpc) is 3.05. The molecule has 0 saturated carbocycles. The highest BCUT2D eigenvalue weighted by Gasteiger charge is 2.49. The van der Waals surface area contributed by atoms with E-state index in [2.05, 4.69) is 4.98 Å². The van der Waals surface area contributed by atoms with Crippen molar-refractivity contribution in [2.75, 3.05) is 13.1 Å². The number of carboxylic acids is 1. The van der Waals surface area contributed by atoms with Crippen LogP contribution in [0.15, 0.2) is 36.0 Å². The van der Waals surface area contributed by atoms with Crippen LogP contribution in [0.2, 0.25) is 0 Å². The Morgan fingerprint density at radius 2 is 2.17 bits per heavy atom. The number of aliphatic hydroxyl groups is 1. The molecular formula is C17H19FN2O3S. The number of benzene rings is 1. The number of aliphatic carboxylic acids is 1. The van der Waals surface area contributed by atoms with Gasteiger partial charge >= 0.3 is 5.97 Å². The molecule has 7 heteroatoms. The van der Waals surface area contributed by atoms with E-state index >= 15 is 0 Å². The van der Waals surface area contributed by atoms with Crippen molar-refractivity contribution in [2.24, 2.45) is 5.41 Å². The Hall–Kier alpha value is -1.83. The SMILES string of the molecule is O=C(O)[C@]1(Cc2ccc(F)cc2)CN(Cc2cncs2)CC[C@H]1O. The van der Waals surface area contributed by atoms with Crippen LogP contribution < -0.4 is 0 Å². The van der Waals surface area contributed by atoms with Crippen molar-refractivity contribution in [3.8, 4) is 0 Å². The van der Waals surface area contributed by atoms with Gasteiger partial charge in [0.2, 0.25) is 0 Å². The molecule has 3 rings (SSSR count). The lowest BCUT2D eigenvalue weighted by Crippen LogP contribution is -2.56. The van der Waals surface area contributed by atoms with E-state index in [1.54, 1.807) is 23.8 Å². The highest BCUT2D eigenvalue weighted by atomic mass is 32.1. The van der Waals surface area contributed by atoms with E-state index in [0.29, 0.717) is 25.1 Å². The molecule has 1 aliphatic heterocycles. The number of likely N-dealkylation sites (tertiary alicyclic amines) is 1. The number of rotatable bonds is 5. The summed E-state index contributed by atoms with van der Waals surface area (Å²) in [5, 5.41) is 20.3. The number of thiazole rings is 1. The van der Waals surface area contributed by atoms with Gasteiger partial charge in [0.05, 0.1) is 11.6 Å². The molecule has 1 aromatic carbocycles. The van der Waals surface area contributed by atoms with E-state index in [-0.39, 0.29) is 18.8 Å². The highest BCUT2D eigenvalue weighted by Crippen LogP contribution is 2.35. The Bertz CT molecular complexity index is 692. The third-order valence-electron chi connectivity index (χ3n) is 4.58. The molecule has 0 radical (unpaired) electrons. The van der Waals surface area contributed by atoms with Gasteiger partial charge in [-0.2, -0.15) is 0 Å². The second-order valence-corrected chi connectivity index (χ2v) is 7.22. The second-order valence-electron chi connectivity index (χ2n) is 6.25. The van der Waals surface area contributed by atoms with E-state index in [1.165, 1.54) is 23.5 Å². The molecule has 0 spiro atoms. The summed E-state index contributed by atoms with van der Waals surface area (Å²) in [5.41, 5.74) is 1.16. The quantitative estimate of drug-likeness (QED) is 0.864. The Labute approximate surface area is 143 Å². The van der Waals surface area contributed by atoms with Gasteiger partial charge in [-0.15, -0.1) is 11.3 Å². The smallest absolute Gasteiger partial charge is 0.313 e. The number of aliphatic hydroxyl groups excluding tert-OH is 1. The van der Waals surface area contributed by atoms with Crippen molar-refractivity contribution in [3.63, 3.8) is 0 Å². The van der Waals surface area contributed by atoms with Crippen LogP contribution in [0.4, 0.5) is 4.39 Å². The zero-order valence-electron chi connectivity index (χ0n) is 13.1. The van der Waals surface area contributed by atoms with Gasteiger partial charge in [-0.05, 0) is 30.5 Å². The summed E-state index contributed by atoms with van der Waals surface area (Å²) in [7, 11) is 0. The molecule has 24 heavy (non-hydrogen) atoms. The fourth-order valence-electron chi connectivity index (χ4n) is 3.27. The molecule has 2 heterocycles. The standard InChI is InChI=1S/C17H19FN2O3S/c18-13-3-1-12(2-4-13)7-17(16(22)23)10-20(6-5-15(17)21)9-14-8-19-11-24-14/h1-4,8,11,15,21H,5-7,9-10H2,(H,22,23)/t15-,17-/m1/s1. The topological polar surface area (TPSA) is 73.7 Å². The molecule has 2 atom stereocenters. The molecule has 128 valence electrons. The van der Waals surface area contributed by atoms with Gasteiger partial charge in [0, 0.05) is 30.7 Å². The van der Waals surface area contributed by atoms with Crippen molar-refractivity contribution < 1.29 is 19.4 Å². The van der Waals surface area contributed by atoms with Gasteiger partial charge < -0.3 is 10.2 Å². The first-order chi connectivity index (χ1) is 11.5. The summed E-state index contributed by atoms with van der Waals surface area (Å²) in [4.78, 5) is 19.2. The number of piperidine rings is 1. The maximum atomic E-state index is 13.1. The van der Waals surface area contributed by atoms with Gasteiger partial charge in [0.25, 0.3) is 0 Å². The van der Waals surface area contributed by atoms with Gasteiger partial charge in [-0.25, -0.2) is 4.39 Å². The fourth-order valence-corrected chi connectivity index (χ4v) is 3.90. The van der Waals surface area contributed by atoms with Crippen LogP contribution in [0.3, 0.4) is 0 Å². The monoisotopic (exact) mass is 350 g/mol. The molecule has 2 aromatic rings. The number of hydrogen-bond acceptors (Lipinski definition) is 5. The van der Waals surface area contributed by atoms with Crippen LogP contribution in [0.1, 0.15) is 16.9 Å². The van der Waals surface area contributed by atoms with Gasteiger partial charge in [-0.1, -0.05) is 12.1 Å². The van der Waals surface area contributed by atoms with Crippen molar-refractivity contribution in [3.05, 3.63) is 52.2 Å². The highest BCUT2D eigenvalue weighted by molar-refractivity contribution is 7.09. The molecule has 0 aliphatic carbocycles. The van der Waals surface area contributed by atoms with E-state index in [4.69, 9.17) is 0 Å². The summed E-state index contributed by atoms with van der Waals surface area (Å²) in [5.74, 6) is -1.38. The lowest BCUT2D eigenvalue weighted by molar-refractivity contribution is -0.163. The summed E-state index contributed by atoms with van der Waals surface area (Å²) in [6.45, 7) is 1.51. The van der Waals surface area contributed by atoms with Crippen LogP contribution in [0.5, 0.6) is 0 Å². The van der Waals surface area contributed by atoms with Crippen molar-refractivity contribution >= 4 is 17.3 Å². The van der Waals surface area contributed by atoms with Crippen molar-refractivity contribution in [1.82, 2.24) is 9.88 Å². The fraction of sp³-hybridized carbons (Fsp3) is 0.412. The minimum atomic E-state index is -1.29. The number of halogens is 1. The third kappa shape index (κ3) is 3.48. The summed E-state index contributed by atoms with van der Waals surface area (Å²) >= 11 is 1.53. The molecule has 1 saturated heterocycles. The zero-order valence-corrected chi connectivity index (χ0v) is 13.9. The minimum Gasteiger partial charge on any atom is -0.481 e. The molecule has 1 fully saturated rings. The largest absolute Gasteiger partial charge is 0.481 e. The normalized spacial score (nSPS) is 24.8. The van der Waals surface area contributed by atoms with E-state index in [0.717, 1.165) is 4.88 Å². The van der Waals surface area contributed by atoms with Crippen LogP contribution in [0.25, 0.3) is 0 Å². The molecule has 5 nitrogen and oxygen atoms in total. The number of hydrogen-bond donors (Lipinski definition) is 2. The van der Waals surface area contributed by atoms with Crippen molar-refractivity contribution in [1.29, 1.82) is 0 Å². The van der Waals surface area contributed by atoms with Gasteiger partial charge in [0.15, 0.2) is 0 Å². The molecule has 1 aromatic heterocycles. The van der Waals surface area contributed by atoms with E-state index in [1.807, 2.05) is 4.90 Å². The Kier molecular flexibility index (Phi) is 4.93. The predicted molar refractivity (Wildman–Crippen MR) is 88.2 cm³/mol. The first-order valence-corrected chi connectivity index (χ1v) is 8.63. The van der Waals surface area contributed by atoms with E-state index < -0.39 is 17.5 Å².